The number of benzene rings is 1. The van der Waals surface area contributed by atoms with Gasteiger partial charge in [-0.3, -0.25) is 14.9 Å². The van der Waals surface area contributed by atoms with Gasteiger partial charge >= 0.3 is 0 Å². The molecule has 1 saturated heterocycles. The van der Waals surface area contributed by atoms with Crippen molar-refractivity contribution in [1.82, 2.24) is 4.90 Å². The van der Waals surface area contributed by atoms with Gasteiger partial charge in [0.25, 0.3) is 11.6 Å². The predicted molar refractivity (Wildman–Crippen MR) is 80.3 cm³/mol. The van der Waals surface area contributed by atoms with Crippen molar-refractivity contribution < 1.29 is 9.72 Å². The second kappa shape index (κ2) is 6.35. The van der Waals surface area contributed by atoms with Gasteiger partial charge in [0.1, 0.15) is 0 Å². The summed E-state index contributed by atoms with van der Waals surface area (Å²) >= 11 is 3.43. The number of non-ortho nitro benzene ring substituents is 1. The average Bonchev–Trinajstić information content (AvgIpc) is 2.87. The van der Waals surface area contributed by atoms with Crippen molar-refractivity contribution in [3.8, 4) is 0 Å². The Morgan fingerprint density at radius 1 is 1.55 bits per heavy atom. The first-order valence-electron chi connectivity index (χ1n) is 6.63. The van der Waals surface area contributed by atoms with Gasteiger partial charge in [-0.25, -0.2) is 0 Å². The van der Waals surface area contributed by atoms with E-state index >= 15 is 0 Å². The lowest BCUT2D eigenvalue weighted by Crippen LogP contribution is -2.29. The van der Waals surface area contributed by atoms with Gasteiger partial charge in [0.05, 0.1) is 4.92 Å². The largest absolute Gasteiger partial charge is 0.338 e. The van der Waals surface area contributed by atoms with Gasteiger partial charge in [-0.15, -0.1) is 0 Å². The molecular formula is C14H17BrN2O3. The highest BCUT2D eigenvalue weighted by molar-refractivity contribution is 9.09. The Morgan fingerprint density at radius 3 is 2.90 bits per heavy atom. The van der Waals surface area contributed by atoms with E-state index in [-0.39, 0.29) is 11.6 Å². The summed E-state index contributed by atoms with van der Waals surface area (Å²) in [4.78, 5) is 24.6. The van der Waals surface area contributed by atoms with Crippen LogP contribution in [0.2, 0.25) is 0 Å². The van der Waals surface area contributed by atoms with Crippen LogP contribution in [0.1, 0.15) is 28.8 Å². The van der Waals surface area contributed by atoms with Crippen molar-refractivity contribution in [3.05, 3.63) is 39.4 Å². The van der Waals surface area contributed by atoms with Crippen LogP contribution in [-0.4, -0.2) is 34.2 Å². The van der Waals surface area contributed by atoms with Crippen molar-refractivity contribution in [1.29, 1.82) is 0 Å². The third-order valence-electron chi connectivity index (χ3n) is 3.74. The van der Waals surface area contributed by atoms with Crippen molar-refractivity contribution in [2.75, 3.05) is 18.4 Å². The maximum absolute atomic E-state index is 12.4. The molecule has 5 nitrogen and oxygen atoms in total. The minimum atomic E-state index is -0.441. The third-order valence-corrected chi connectivity index (χ3v) is 4.20. The van der Waals surface area contributed by atoms with E-state index in [2.05, 4.69) is 15.9 Å². The molecule has 0 saturated carbocycles. The van der Waals surface area contributed by atoms with Gasteiger partial charge in [-0.05, 0) is 37.3 Å². The normalized spacial score (nSPS) is 18.3. The Kier molecular flexibility index (Phi) is 4.75. The molecule has 1 heterocycles. The average molecular weight is 341 g/mol. The van der Waals surface area contributed by atoms with Gasteiger partial charge in [0.2, 0.25) is 0 Å². The van der Waals surface area contributed by atoms with E-state index in [1.165, 1.54) is 12.1 Å². The lowest BCUT2D eigenvalue weighted by atomic mass is 10.1. The number of hydrogen-bond donors (Lipinski definition) is 0. The van der Waals surface area contributed by atoms with Crippen molar-refractivity contribution in [3.63, 3.8) is 0 Å². The molecule has 6 heteroatoms. The number of nitro benzene ring substituents is 1. The number of aryl methyl sites for hydroxylation is 1. The fourth-order valence-corrected chi connectivity index (χ4v) is 3.23. The van der Waals surface area contributed by atoms with Gasteiger partial charge in [0, 0.05) is 36.1 Å². The second-order valence-electron chi connectivity index (χ2n) is 5.14. The number of nitro groups is 1. The zero-order chi connectivity index (χ0) is 14.7. The lowest BCUT2D eigenvalue weighted by molar-refractivity contribution is -0.384. The first-order chi connectivity index (χ1) is 9.52. The standard InChI is InChI=1S/C14H17BrN2O3/c1-10-8-12(17(19)20)2-3-13(10)14(18)16-7-5-11(9-16)4-6-15/h2-3,8,11H,4-7,9H2,1H3. The second-order valence-corrected chi connectivity index (χ2v) is 5.93. The van der Waals surface area contributed by atoms with Gasteiger partial charge < -0.3 is 4.90 Å². The first kappa shape index (κ1) is 15.0. The van der Waals surface area contributed by atoms with E-state index in [0.29, 0.717) is 17.0 Å². The van der Waals surface area contributed by atoms with E-state index in [4.69, 9.17) is 0 Å². The molecule has 2 rings (SSSR count). The molecular weight excluding hydrogens is 324 g/mol. The number of alkyl halides is 1. The monoisotopic (exact) mass is 340 g/mol. The lowest BCUT2D eigenvalue weighted by Gasteiger charge is -2.17. The fourth-order valence-electron chi connectivity index (χ4n) is 2.58. The third kappa shape index (κ3) is 3.17. The Morgan fingerprint density at radius 2 is 2.30 bits per heavy atom. The summed E-state index contributed by atoms with van der Waals surface area (Å²) in [7, 11) is 0. The van der Waals surface area contributed by atoms with E-state index in [9.17, 15) is 14.9 Å². The Hall–Kier alpha value is -1.43. The predicted octanol–water partition coefficient (Wildman–Crippen LogP) is 3.15. The number of carbonyl (C=O) groups is 1. The molecule has 1 aromatic rings. The van der Waals surface area contributed by atoms with Crippen LogP contribution >= 0.6 is 15.9 Å². The minimum absolute atomic E-state index is 0.0190. The minimum Gasteiger partial charge on any atom is -0.338 e. The molecule has 0 aliphatic carbocycles. The highest BCUT2D eigenvalue weighted by Crippen LogP contribution is 2.24. The van der Waals surface area contributed by atoms with E-state index in [1.54, 1.807) is 13.0 Å². The molecule has 0 aromatic heterocycles. The molecule has 1 fully saturated rings. The van der Waals surface area contributed by atoms with E-state index in [0.717, 1.165) is 31.3 Å². The number of halogens is 1. The highest BCUT2D eigenvalue weighted by atomic mass is 79.9. The van der Waals surface area contributed by atoms with Gasteiger partial charge in [-0.1, -0.05) is 15.9 Å². The zero-order valence-electron chi connectivity index (χ0n) is 11.3. The van der Waals surface area contributed by atoms with Crippen LogP contribution in [0, 0.1) is 23.0 Å². The molecule has 0 radical (unpaired) electrons. The van der Waals surface area contributed by atoms with Crippen LogP contribution in [0.25, 0.3) is 0 Å². The number of likely N-dealkylation sites (tertiary alicyclic amines) is 1. The molecule has 20 heavy (non-hydrogen) atoms. The first-order valence-corrected chi connectivity index (χ1v) is 7.75. The van der Waals surface area contributed by atoms with Crippen molar-refractivity contribution in [2.45, 2.75) is 19.8 Å². The van der Waals surface area contributed by atoms with Crippen molar-refractivity contribution >= 4 is 27.5 Å². The number of nitrogens with zero attached hydrogens (tertiary/aromatic N) is 2. The summed E-state index contributed by atoms with van der Waals surface area (Å²) in [5.41, 5.74) is 1.25. The molecule has 1 aliphatic heterocycles. The smallest absolute Gasteiger partial charge is 0.269 e. The Labute approximate surface area is 126 Å². The molecule has 0 bridgehead atoms. The van der Waals surface area contributed by atoms with Crippen LogP contribution < -0.4 is 0 Å². The number of carbonyl (C=O) groups excluding carboxylic acids is 1. The van der Waals surface area contributed by atoms with Crippen molar-refractivity contribution in [2.24, 2.45) is 5.92 Å². The topological polar surface area (TPSA) is 63.5 Å². The zero-order valence-corrected chi connectivity index (χ0v) is 12.9. The van der Waals surface area contributed by atoms with Crippen LogP contribution in [0.15, 0.2) is 18.2 Å². The Balaban J connectivity index is 2.12. The summed E-state index contributed by atoms with van der Waals surface area (Å²) in [5.74, 6) is 0.533. The Bertz CT molecular complexity index is 533. The van der Waals surface area contributed by atoms with Crippen LogP contribution in [0.3, 0.4) is 0 Å². The highest BCUT2D eigenvalue weighted by Gasteiger charge is 2.27. The molecule has 0 spiro atoms. The summed E-state index contributed by atoms with van der Waals surface area (Å²) in [5, 5.41) is 11.7. The molecule has 1 atom stereocenters. The number of amides is 1. The molecule has 1 unspecified atom stereocenters. The van der Waals surface area contributed by atoms with E-state index in [1.807, 2.05) is 4.90 Å². The van der Waals surface area contributed by atoms with Gasteiger partial charge in [0.15, 0.2) is 0 Å². The summed E-state index contributed by atoms with van der Waals surface area (Å²) in [6.07, 6.45) is 2.10. The van der Waals surface area contributed by atoms with Gasteiger partial charge in [-0.2, -0.15) is 0 Å². The molecule has 1 amide bonds. The SMILES string of the molecule is Cc1cc([N+](=O)[O-])ccc1C(=O)N1CCC(CCBr)C1. The number of rotatable bonds is 4. The summed E-state index contributed by atoms with van der Waals surface area (Å²) in [6, 6.07) is 4.42. The molecule has 1 aliphatic rings. The van der Waals surface area contributed by atoms with Crippen LogP contribution in [0.5, 0.6) is 0 Å². The van der Waals surface area contributed by atoms with E-state index < -0.39 is 4.92 Å². The summed E-state index contributed by atoms with van der Waals surface area (Å²) < 4.78 is 0. The maximum atomic E-state index is 12.4. The summed E-state index contributed by atoms with van der Waals surface area (Å²) in [6.45, 7) is 3.29. The number of hydrogen-bond acceptors (Lipinski definition) is 3. The van der Waals surface area contributed by atoms with Crippen LogP contribution in [0.4, 0.5) is 5.69 Å². The quantitative estimate of drug-likeness (QED) is 0.480. The van der Waals surface area contributed by atoms with Crippen LogP contribution in [-0.2, 0) is 0 Å². The fraction of sp³-hybridized carbons (Fsp3) is 0.500. The molecule has 108 valence electrons. The molecule has 0 N–H and O–H groups in total. The maximum Gasteiger partial charge on any atom is 0.269 e. The molecule has 1 aromatic carbocycles.